The maximum Gasteiger partial charge on any atom is 0.261 e. The van der Waals surface area contributed by atoms with Gasteiger partial charge in [-0.2, -0.15) is 0 Å². The highest BCUT2D eigenvalue weighted by atomic mass is 32.2. The van der Waals surface area contributed by atoms with Crippen molar-refractivity contribution in [1.82, 2.24) is 9.55 Å². The van der Waals surface area contributed by atoms with Crippen molar-refractivity contribution in [3.8, 4) is 0 Å². The van der Waals surface area contributed by atoms with Gasteiger partial charge < -0.3 is 9.47 Å². The fourth-order valence-corrected chi connectivity index (χ4v) is 4.93. The van der Waals surface area contributed by atoms with Crippen molar-refractivity contribution in [3.05, 3.63) is 78.4 Å². The Kier molecular flexibility index (Phi) is 7.58. The number of rotatable bonds is 9. The third-order valence-corrected chi connectivity index (χ3v) is 7.38. The number of sulfonamides is 1. The molecular weight excluding hydrogens is 490 g/mol. The van der Waals surface area contributed by atoms with Crippen LogP contribution in [0, 0.1) is 0 Å². The zero-order valence-electron chi connectivity index (χ0n) is 20.9. The van der Waals surface area contributed by atoms with E-state index in [0.29, 0.717) is 23.7 Å². The number of anilines is 3. The molecule has 4 rings (SSSR count). The number of carbonyl (C=O) groups is 2. The Bertz CT molecular complexity index is 1550. The van der Waals surface area contributed by atoms with E-state index in [1.807, 2.05) is 22.8 Å². The van der Waals surface area contributed by atoms with Gasteiger partial charge in [-0.3, -0.25) is 19.6 Å². The van der Waals surface area contributed by atoms with Crippen LogP contribution in [0.5, 0.6) is 0 Å². The molecule has 0 saturated carbocycles. The van der Waals surface area contributed by atoms with Crippen LogP contribution in [0.2, 0.25) is 0 Å². The fourth-order valence-electron chi connectivity index (χ4n) is 3.86. The SMILES string of the molecule is CCCCn1c(NC(=O)c2cccc(NS(=O)(=O)c3ccccc3)c2)nc2cc(N(C)C(C)=O)ccc21. The number of nitrogens with one attached hydrogen (secondary N) is 2. The van der Waals surface area contributed by atoms with Crippen molar-refractivity contribution in [2.75, 3.05) is 22.0 Å². The quantitative estimate of drug-likeness (QED) is 0.327. The third-order valence-electron chi connectivity index (χ3n) is 5.98. The van der Waals surface area contributed by atoms with Gasteiger partial charge in [-0.1, -0.05) is 37.6 Å². The third kappa shape index (κ3) is 5.80. The average Bonchev–Trinajstić information content (AvgIpc) is 3.23. The van der Waals surface area contributed by atoms with Crippen molar-refractivity contribution in [3.63, 3.8) is 0 Å². The van der Waals surface area contributed by atoms with E-state index in [1.54, 1.807) is 43.4 Å². The average molecular weight is 520 g/mol. The predicted molar refractivity (Wildman–Crippen MR) is 145 cm³/mol. The molecule has 1 heterocycles. The second kappa shape index (κ2) is 10.8. The van der Waals surface area contributed by atoms with Crippen molar-refractivity contribution >= 4 is 50.2 Å². The molecule has 3 aromatic carbocycles. The molecule has 9 nitrogen and oxygen atoms in total. The summed E-state index contributed by atoms with van der Waals surface area (Å²) in [5.41, 5.74) is 2.75. The standard InChI is InChI=1S/C27H29N5O4S/c1-4-5-16-32-25-15-14-22(31(3)19(2)33)18-24(25)28-27(32)29-26(34)20-10-9-11-21(17-20)30-37(35,36)23-12-7-6-8-13-23/h6-15,17-18,30H,4-5,16H2,1-3H3,(H,28,29,34). The number of fused-ring (bicyclic) bond motifs is 1. The largest absolute Gasteiger partial charge is 0.316 e. The topological polar surface area (TPSA) is 113 Å². The Hall–Kier alpha value is -4.18. The second-order valence-electron chi connectivity index (χ2n) is 8.65. The van der Waals surface area contributed by atoms with Gasteiger partial charge in [-0.15, -0.1) is 0 Å². The minimum absolute atomic E-state index is 0.0962. The van der Waals surface area contributed by atoms with E-state index in [2.05, 4.69) is 21.9 Å². The smallest absolute Gasteiger partial charge is 0.261 e. The normalized spacial score (nSPS) is 11.3. The van der Waals surface area contributed by atoms with Crippen molar-refractivity contribution in [2.24, 2.45) is 0 Å². The number of nitrogens with zero attached hydrogens (tertiary/aromatic N) is 3. The molecule has 37 heavy (non-hydrogen) atoms. The molecular formula is C27H29N5O4S. The molecule has 1 aromatic heterocycles. The lowest BCUT2D eigenvalue weighted by Crippen LogP contribution is -2.22. The summed E-state index contributed by atoms with van der Waals surface area (Å²) in [4.78, 5) is 31.3. The molecule has 0 bridgehead atoms. The highest BCUT2D eigenvalue weighted by Crippen LogP contribution is 2.26. The van der Waals surface area contributed by atoms with Crippen LogP contribution in [0.15, 0.2) is 77.7 Å². The zero-order valence-corrected chi connectivity index (χ0v) is 21.7. The van der Waals surface area contributed by atoms with E-state index in [1.165, 1.54) is 30.0 Å². The monoisotopic (exact) mass is 519 g/mol. The molecule has 0 spiro atoms. The van der Waals surface area contributed by atoms with Gasteiger partial charge in [0.1, 0.15) is 0 Å². The summed E-state index contributed by atoms with van der Waals surface area (Å²) in [6, 6.07) is 19.9. The zero-order chi connectivity index (χ0) is 26.6. The fraction of sp³-hybridized carbons (Fsp3) is 0.222. The van der Waals surface area contributed by atoms with E-state index in [4.69, 9.17) is 0 Å². The van der Waals surface area contributed by atoms with Crippen molar-refractivity contribution in [2.45, 2.75) is 38.1 Å². The molecule has 2 N–H and O–H groups in total. The van der Waals surface area contributed by atoms with Gasteiger partial charge in [0.2, 0.25) is 11.9 Å². The molecule has 0 atom stereocenters. The van der Waals surface area contributed by atoms with E-state index in [-0.39, 0.29) is 22.1 Å². The molecule has 0 fully saturated rings. The van der Waals surface area contributed by atoms with Crippen molar-refractivity contribution in [1.29, 1.82) is 0 Å². The van der Waals surface area contributed by atoms with Crippen molar-refractivity contribution < 1.29 is 18.0 Å². The van der Waals surface area contributed by atoms with Crippen LogP contribution in [0.3, 0.4) is 0 Å². The highest BCUT2D eigenvalue weighted by molar-refractivity contribution is 7.92. The van der Waals surface area contributed by atoms with Crippen LogP contribution in [-0.4, -0.2) is 36.8 Å². The number of aromatic nitrogens is 2. The minimum atomic E-state index is -3.79. The Labute approximate surface area is 216 Å². The number of hydrogen-bond donors (Lipinski definition) is 2. The number of carbonyl (C=O) groups excluding carboxylic acids is 2. The summed E-state index contributed by atoms with van der Waals surface area (Å²) >= 11 is 0. The second-order valence-corrected chi connectivity index (χ2v) is 10.3. The van der Waals surface area contributed by atoms with Gasteiger partial charge in [0.05, 0.1) is 15.9 Å². The molecule has 0 aliphatic heterocycles. The molecule has 4 aromatic rings. The molecule has 2 amide bonds. The van der Waals surface area contributed by atoms with Crippen LogP contribution in [0.25, 0.3) is 11.0 Å². The number of unbranched alkanes of at least 4 members (excludes halogenated alkanes) is 1. The van der Waals surface area contributed by atoms with Gasteiger partial charge in [-0.05, 0) is 55.0 Å². The Balaban J connectivity index is 1.61. The number of hydrogen-bond acceptors (Lipinski definition) is 5. The van der Waals surface area contributed by atoms with E-state index < -0.39 is 15.9 Å². The molecule has 0 aliphatic carbocycles. The van der Waals surface area contributed by atoms with E-state index in [9.17, 15) is 18.0 Å². The Morgan fingerprint density at radius 1 is 1.00 bits per heavy atom. The first-order valence-electron chi connectivity index (χ1n) is 11.9. The number of amides is 2. The predicted octanol–water partition coefficient (Wildman–Crippen LogP) is 4.87. The van der Waals surface area contributed by atoms with Gasteiger partial charge in [0.15, 0.2) is 0 Å². The summed E-state index contributed by atoms with van der Waals surface area (Å²) in [7, 11) is -2.10. The summed E-state index contributed by atoms with van der Waals surface area (Å²) in [6.45, 7) is 4.23. The Morgan fingerprint density at radius 2 is 1.76 bits per heavy atom. The summed E-state index contributed by atoms with van der Waals surface area (Å²) in [5.74, 6) is -0.137. The molecule has 10 heteroatoms. The number of aryl methyl sites for hydroxylation is 1. The molecule has 0 saturated heterocycles. The van der Waals surface area contributed by atoms with Gasteiger partial charge >= 0.3 is 0 Å². The Morgan fingerprint density at radius 3 is 2.46 bits per heavy atom. The van der Waals surface area contributed by atoms with Crippen LogP contribution < -0.4 is 14.9 Å². The molecule has 0 aliphatic rings. The first kappa shape index (κ1) is 25.9. The maximum absolute atomic E-state index is 13.2. The van der Waals surface area contributed by atoms with Crippen LogP contribution in [-0.2, 0) is 21.4 Å². The summed E-state index contributed by atoms with van der Waals surface area (Å²) < 4.78 is 29.8. The number of benzene rings is 3. The molecule has 0 radical (unpaired) electrons. The lowest BCUT2D eigenvalue weighted by Gasteiger charge is -2.15. The highest BCUT2D eigenvalue weighted by Gasteiger charge is 2.18. The summed E-state index contributed by atoms with van der Waals surface area (Å²) in [6.07, 6.45) is 1.85. The lowest BCUT2D eigenvalue weighted by atomic mass is 10.2. The first-order valence-corrected chi connectivity index (χ1v) is 13.4. The minimum Gasteiger partial charge on any atom is -0.316 e. The van der Waals surface area contributed by atoms with Gasteiger partial charge in [-0.25, -0.2) is 13.4 Å². The maximum atomic E-state index is 13.2. The van der Waals surface area contributed by atoms with Crippen LogP contribution in [0.4, 0.5) is 17.3 Å². The summed E-state index contributed by atoms with van der Waals surface area (Å²) in [5, 5.41) is 2.87. The van der Waals surface area contributed by atoms with E-state index >= 15 is 0 Å². The van der Waals surface area contributed by atoms with E-state index in [0.717, 1.165) is 18.4 Å². The van der Waals surface area contributed by atoms with Crippen LogP contribution >= 0.6 is 0 Å². The van der Waals surface area contributed by atoms with Gasteiger partial charge in [0, 0.05) is 37.5 Å². The number of imidazole rings is 1. The van der Waals surface area contributed by atoms with Crippen LogP contribution in [0.1, 0.15) is 37.0 Å². The molecule has 192 valence electrons. The lowest BCUT2D eigenvalue weighted by molar-refractivity contribution is -0.116. The van der Waals surface area contributed by atoms with Gasteiger partial charge in [0.25, 0.3) is 15.9 Å². The molecule has 0 unspecified atom stereocenters. The first-order chi connectivity index (χ1) is 17.7.